The summed E-state index contributed by atoms with van der Waals surface area (Å²) >= 11 is 0. The minimum absolute atomic E-state index is 0.240. The Hall–Kier alpha value is -1.43. The van der Waals surface area contributed by atoms with Gasteiger partial charge in [0.05, 0.1) is 13.2 Å². The first-order valence-electron chi connectivity index (χ1n) is 4.85. The van der Waals surface area contributed by atoms with Gasteiger partial charge in [0, 0.05) is 0 Å². The number of hydrogen-bond acceptors (Lipinski definition) is 4. The molecule has 0 aliphatic rings. The van der Waals surface area contributed by atoms with E-state index < -0.39 is 18.1 Å². The number of rotatable bonds is 6. The summed E-state index contributed by atoms with van der Waals surface area (Å²) in [5.41, 5.74) is 1.78. The van der Waals surface area contributed by atoms with Gasteiger partial charge in [-0.25, -0.2) is 0 Å². The van der Waals surface area contributed by atoms with E-state index in [0.29, 0.717) is 0 Å². The fraction of sp³-hybridized carbons (Fsp3) is 0.364. The molecule has 1 atom stereocenters. The van der Waals surface area contributed by atoms with Gasteiger partial charge in [-0.1, -0.05) is 30.3 Å². The number of carboxylic acids is 1. The molecule has 0 fully saturated rings. The SMILES string of the molecule is C[C@](CO)(NOCc1ccccc1)C(=O)O. The van der Waals surface area contributed by atoms with Crippen LogP contribution >= 0.6 is 0 Å². The number of benzene rings is 1. The lowest BCUT2D eigenvalue weighted by atomic mass is 10.1. The van der Waals surface area contributed by atoms with E-state index in [1.807, 2.05) is 30.3 Å². The van der Waals surface area contributed by atoms with E-state index in [2.05, 4.69) is 5.48 Å². The fourth-order valence-corrected chi connectivity index (χ4v) is 0.996. The molecule has 16 heavy (non-hydrogen) atoms. The Labute approximate surface area is 93.6 Å². The topological polar surface area (TPSA) is 78.8 Å². The van der Waals surface area contributed by atoms with Crippen LogP contribution in [0.1, 0.15) is 12.5 Å². The van der Waals surface area contributed by atoms with Crippen molar-refractivity contribution in [3.05, 3.63) is 35.9 Å². The van der Waals surface area contributed by atoms with E-state index in [1.54, 1.807) is 0 Å². The van der Waals surface area contributed by atoms with Gasteiger partial charge in [0.2, 0.25) is 0 Å². The Bertz CT molecular complexity index is 341. The zero-order valence-electron chi connectivity index (χ0n) is 9.01. The van der Waals surface area contributed by atoms with Crippen molar-refractivity contribution < 1.29 is 19.8 Å². The standard InChI is InChI=1S/C11H15NO4/c1-11(8-13,10(14)15)12-16-7-9-5-3-2-4-6-9/h2-6,12-13H,7-8H2,1H3,(H,14,15)/t11-/m1/s1. The molecule has 0 unspecified atom stereocenters. The molecule has 0 amide bonds. The summed E-state index contributed by atoms with van der Waals surface area (Å²) < 4.78 is 0. The van der Waals surface area contributed by atoms with Crippen molar-refractivity contribution in [1.29, 1.82) is 0 Å². The normalized spacial score (nSPS) is 14.4. The predicted octanol–water partition coefficient (Wildman–Crippen LogP) is 0.543. The molecule has 3 N–H and O–H groups in total. The first kappa shape index (κ1) is 12.6. The summed E-state index contributed by atoms with van der Waals surface area (Å²) in [5, 5.41) is 17.8. The molecule has 0 saturated heterocycles. The zero-order chi connectivity index (χ0) is 12.0. The van der Waals surface area contributed by atoms with Crippen molar-refractivity contribution in [2.24, 2.45) is 0 Å². The molecule has 0 spiro atoms. The maximum absolute atomic E-state index is 10.8. The Morgan fingerprint density at radius 1 is 1.44 bits per heavy atom. The number of aliphatic hydroxyl groups is 1. The van der Waals surface area contributed by atoms with Crippen molar-refractivity contribution in [3.8, 4) is 0 Å². The number of carbonyl (C=O) groups is 1. The van der Waals surface area contributed by atoms with Crippen molar-refractivity contribution in [2.45, 2.75) is 19.1 Å². The average molecular weight is 225 g/mol. The number of nitrogens with one attached hydrogen (secondary N) is 1. The summed E-state index contributed by atoms with van der Waals surface area (Å²) in [6.07, 6.45) is 0. The van der Waals surface area contributed by atoms with E-state index in [-0.39, 0.29) is 6.61 Å². The molecule has 0 aromatic heterocycles. The van der Waals surface area contributed by atoms with Crippen molar-refractivity contribution in [2.75, 3.05) is 6.61 Å². The number of hydroxylamine groups is 1. The molecular formula is C11H15NO4. The van der Waals surface area contributed by atoms with Gasteiger partial charge in [-0.3, -0.25) is 9.63 Å². The molecule has 5 nitrogen and oxygen atoms in total. The highest BCUT2D eigenvalue weighted by Gasteiger charge is 2.32. The fourth-order valence-electron chi connectivity index (χ4n) is 0.996. The van der Waals surface area contributed by atoms with Crippen LogP contribution in [0.15, 0.2) is 30.3 Å². The highest BCUT2D eigenvalue weighted by molar-refractivity contribution is 5.78. The second-order valence-corrected chi connectivity index (χ2v) is 3.67. The molecule has 0 heterocycles. The van der Waals surface area contributed by atoms with Gasteiger partial charge >= 0.3 is 5.97 Å². The van der Waals surface area contributed by atoms with Crippen LogP contribution in [0.5, 0.6) is 0 Å². The third-order valence-electron chi connectivity index (χ3n) is 2.17. The van der Waals surface area contributed by atoms with Crippen LogP contribution in [0.25, 0.3) is 0 Å². The van der Waals surface area contributed by atoms with Crippen LogP contribution in [0.3, 0.4) is 0 Å². The van der Waals surface area contributed by atoms with Crippen LogP contribution in [0.4, 0.5) is 0 Å². The number of aliphatic hydroxyl groups excluding tert-OH is 1. The molecule has 0 bridgehead atoms. The smallest absolute Gasteiger partial charge is 0.328 e. The maximum atomic E-state index is 10.8. The predicted molar refractivity (Wildman–Crippen MR) is 57.5 cm³/mol. The van der Waals surface area contributed by atoms with Crippen LogP contribution in [-0.4, -0.2) is 28.3 Å². The first-order chi connectivity index (χ1) is 7.58. The van der Waals surface area contributed by atoms with E-state index in [4.69, 9.17) is 15.1 Å². The van der Waals surface area contributed by atoms with Gasteiger partial charge in [-0.15, -0.1) is 0 Å². The van der Waals surface area contributed by atoms with Gasteiger partial charge in [0.1, 0.15) is 0 Å². The minimum atomic E-state index is -1.48. The minimum Gasteiger partial charge on any atom is -0.480 e. The molecule has 0 saturated carbocycles. The highest BCUT2D eigenvalue weighted by atomic mass is 16.6. The van der Waals surface area contributed by atoms with Gasteiger partial charge in [-0.2, -0.15) is 5.48 Å². The van der Waals surface area contributed by atoms with Gasteiger partial charge in [0.15, 0.2) is 5.54 Å². The third kappa shape index (κ3) is 3.30. The molecule has 0 aliphatic carbocycles. The number of aliphatic carboxylic acids is 1. The lowest BCUT2D eigenvalue weighted by molar-refractivity contribution is -0.155. The molecule has 1 aromatic carbocycles. The molecular weight excluding hydrogens is 210 g/mol. The molecule has 0 radical (unpaired) electrons. The second kappa shape index (κ2) is 5.60. The third-order valence-corrected chi connectivity index (χ3v) is 2.17. The highest BCUT2D eigenvalue weighted by Crippen LogP contribution is 2.05. The van der Waals surface area contributed by atoms with E-state index in [9.17, 15) is 4.79 Å². The Morgan fingerprint density at radius 2 is 2.06 bits per heavy atom. The number of carboxylic acid groups (broad SMARTS) is 1. The van der Waals surface area contributed by atoms with E-state index in [0.717, 1.165) is 5.56 Å². The lowest BCUT2D eigenvalue weighted by Gasteiger charge is -2.22. The summed E-state index contributed by atoms with van der Waals surface area (Å²) in [6, 6.07) is 9.33. The zero-order valence-corrected chi connectivity index (χ0v) is 9.01. The largest absolute Gasteiger partial charge is 0.480 e. The van der Waals surface area contributed by atoms with Crippen LogP contribution in [-0.2, 0) is 16.2 Å². The van der Waals surface area contributed by atoms with Crippen molar-refractivity contribution in [3.63, 3.8) is 0 Å². The summed E-state index contributed by atoms with van der Waals surface area (Å²) in [4.78, 5) is 15.8. The Kier molecular flexibility index (Phi) is 4.42. The van der Waals surface area contributed by atoms with E-state index >= 15 is 0 Å². The first-order valence-corrected chi connectivity index (χ1v) is 4.85. The van der Waals surface area contributed by atoms with E-state index in [1.165, 1.54) is 6.92 Å². The Morgan fingerprint density at radius 3 is 2.56 bits per heavy atom. The van der Waals surface area contributed by atoms with Crippen LogP contribution < -0.4 is 5.48 Å². The van der Waals surface area contributed by atoms with Crippen LogP contribution in [0.2, 0.25) is 0 Å². The van der Waals surface area contributed by atoms with Gasteiger partial charge in [-0.05, 0) is 12.5 Å². The quantitative estimate of drug-likeness (QED) is 0.616. The van der Waals surface area contributed by atoms with Crippen molar-refractivity contribution in [1.82, 2.24) is 5.48 Å². The lowest BCUT2D eigenvalue weighted by Crippen LogP contribution is -2.52. The summed E-state index contributed by atoms with van der Waals surface area (Å²) in [6.45, 7) is 1.04. The van der Waals surface area contributed by atoms with Crippen LogP contribution in [0, 0.1) is 0 Å². The molecule has 1 aromatic rings. The summed E-state index contributed by atoms with van der Waals surface area (Å²) in [5.74, 6) is -1.16. The van der Waals surface area contributed by atoms with Crippen molar-refractivity contribution >= 4 is 5.97 Å². The number of hydrogen-bond donors (Lipinski definition) is 3. The molecule has 5 heteroatoms. The monoisotopic (exact) mass is 225 g/mol. The Balaban J connectivity index is 2.43. The molecule has 1 rings (SSSR count). The molecule has 0 aliphatic heterocycles. The van der Waals surface area contributed by atoms with Gasteiger partial charge < -0.3 is 10.2 Å². The molecule has 88 valence electrons. The maximum Gasteiger partial charge on any atom is 0.328 e. The average Bonchev–Trinajstić information content (AvgIpc) is 2.30. The summed E-state index contributed by atoms with van der Waals surface area (Å²) in [7, 11) is 0. The second-order valence-electron chi connectivity index (χ2n) is 3.67. The van der Waals surface area contributed by atoms with Gasteiger partial charge in [0.25, 0.3) is 0 Å².